The number of benzene rings is 2. The second kappa shape index (κ2) is 8.94. The number of nitrogens with one attached hydrogen (secondary N) is 1. The van der Waals surface area contributed by atoms with Gasteiger partial charge in [0.15, 0.2) is 6.61 Å². The lowest BCUT2D eigenvalue weighted by Crippen LogP contribution is -2.32. The fraction of sp³-hybridized carbons (Fsp3) is 0.435. The number of ether oxygens (including phenoxy) is 2. The van der Waals surface area contributed by atoms with E-state index in [1.54, 1.807) is 0 Å². The van der Waals surface area contributed by atoms with Crippen molar-refractivity contribution in [2.45, 2.75) is 47.0 Å². The first-order valence-electron chi connectivity index (χ1n) is 9.37. The summed E-state index contributed by atoms with van der Waals surface area (Å²) < 4.78 is 11.3. The van der Waals surface area contributed by atoms with Gasteiger partial charge in [0.05, 0.1) is 6.54 Å². The molecule has 0 aromatic heterocycles. The van der Waals surface area contributed by atoms with E-state index in [1.807, 2.05) is 39.0 Å². The summed E-state index contributed by atoms with van der Waals surface area (Å²) in [4.78, 5) is 12.0. The molecule has 0 saturated carbocycles. The zero-order valence-corrected chi connectivity index (χ0v) is 17.3. The van der Waals surface area contributed by atoms with Crippen LogP contribution in [-0.4, -0.2) is 25.7 Å². The summed E-state index contributed by atoms with van der Waals surface area (Å²) >= 11 is 0. The second-order valence-electron chi connectivity index (χ2n) is 7.97. The van der Waals surface area contributed by atoms with Gasteiger partial charge >= 0.3 is 0 Å². The van der Waals surface area contributed by atoms with Crippen LogP contribution in [0.15, 0.2) is 36.4 Å². The molecule has 27 heavy (non-hydrogen) atoms. The van der Waals surface area contributed by atoms with Crippen LogP contribution in [0.2, 0.25) is 0 Å². The molecular weight excluding hydrogens is 338 g/mol. The van der Waals surface area contributed by atoms with Crippen molar-refractivity contribution in [2.24, 2.45) is 0 Å². The van der Waals surface area contributed by atoms with Gasteiger partial charge in [0.25, 0.3) is 5.91 Å². The van der Waals surface area contributed by atoms with Crippen LogP contribution in [0.3, 0.4) is 0 Å². The lowest BCUT2D eigenvalue weighted by atomic mass is 9.87. The van der Waals surface area contributed by atoms with Crippen molar-refractivity contribution in [1.82, 2.24) is 5.32 Å². The second-order valence-corrected chi connectivity index (χ2v) is 7.97. The minimum absolute atomic E-state index is 0.00398. The maximum atomic E-state index is 12.0. The Hall–Kier alpha value is -2.49. The topological polar surface area (TPSA) is 47.6 Å². The number of aryl methyl sites for hydroxylation is 2. The molecule has 146 valence electrons. The molecule has 1 N–H and O–H groups in total. The first kappa shape index (κ1) is 20.8. The number of rotatable bonds is 7. The zero-order chi connectivity index (χ0) is 20.0. The molecule has 2 rings (SSSR count). The number of hydrogen-bond acceptors (Lipinski definition) is 3. The van der Waals surface area contributed by atoms with Crippen molar-refractivity contribution < 1.29 is 14.3 Å². The standard InChI is InChI=1S/C23H31NO3/c1-16-13-17(2)18(3)21(14-16)27-15-22(25)24-11-12-26-20-9-7-19(8-10-20)23(4,5)6/h7-10,13-14H,11-12,15H2,1-6H3,(H,24,25). The van der Waals surface area contributed by atoms with Gasteiger partial charge in [0.1, 0.15) is 18.1 Å². The Labute approximate surface area is 162 Å². The summed E-state index contributed by atoms with van der Waals surface area (Å²) in [5.41, 5.74) is 4.74. The van der Waals surface area contributed by atoms with E-state index in [2.05, 4.69) is 44.3 Å². The van der Waals surface area contributed by atoms with Crippen LogP contribution >= 0.6 is 0 Å². The summed E-state index contributed by atoms with van der Waals surface area (Å²) in [5.74, 6) is 1.41. The molecule has 1 amide bonds. The van der Waals surface area contributed by atoms with Crippen LogP contribution in [0.25, 0.3) is 0 Å². The van der Waals surface area contributed by atoms with Gasteiger partial charge in [-0.15, -0.1) is 0 Å². The Bertz CT molecular complexity index is 773. The number of carbonyl (C=O) groups excluding carboxylic acids is 1. The van der Waals surface area contributed by atoms with E-state index in [-0.39, 0.29) is 17.9 Å². The third-order valence-corrected chi connectivity index (χ3v) is 4.54. The van der Waals surface area contributed by atoms with Crippen LogP contribution in [0.4, 0.5) is 0 Å². The summed E-state index contributed by atoms with van der Waals surface area (Å²) in [6, 6.07) is 12.2. The molecule has 0 atom stereocenters. The van der Waals surface area contributed by atoms with Crippen molar-refractivity contribution in [1.29, 1.82) is 0 Å². The highest BCUT2D eigenvalue weighted by Crippen LogP contribution is 2.24. The molecule has 0 radical (unpaired) electrons. The largest absolute Gasteiger partial charge is 0.492 e. The minimum Gasteiger partial charge on any atom is -0.492 e. The van der Waals surface area contributed by atoms with Crippen molar-refractivity contribution in [3.63, 3.8) is 0 Å². The van der Waals surface area contributed by atoms with Crippen LogP contribution in [0.5, 0.6) is 11.5 Å². The molecule has 0 saturated heterocycles. The lowest BCUT2D eigenvalue weighted by molar-refractivity contribution is -0.123. The third-order valence-electron chi connectivity index (χ3n) is 4.54. The summed E-state index contributed by atoms with van der Waals surface area (Å²) in [7, 11) is 0. The summed E-state index contributed by atoms with van der Waals surface area (Å²) in [6.07, 6.45) is 0. The van der Waals surface area contributed by atoms with Crippen molar-refractivity contribution >= 4 is 5.91 Å². The Morgan fingerprint density at radius 2 is 1.67 bits per heavy atom. The molecule has 0 aliphatic carbocycles. The predicted molar refractivity (Wildman–Crippen MR) is 110 cm³/mol. The molecule has 4 nitrogen and oxygen atoms in total. The first-order chi connectivity index (χ1) is 12.7. The molecule has 0 spiro atoms. The first-order valence-corrected chi connectivity index (χ1v) is 9.37. The third kappa shape index (κ3) is 6.31. The highest BCUT2D eigenvalue weighted by Gasteiger charge is 2.13. The van der Waals surface area contributed by atoms with E-state index in [1.165, 1.54) is 5.56 Å². The van der Waals surface area contributed by atoms with Crippen molar-refractivity contribution in [3.8, 4) is 11.5 Å². The average molecular weight is 370 g/mol. The van der Waals surface area contributed by atoms with E-state index in [0.717, 1.165) is 28.2 Å². The van der Waals surface area contributed by atoms with E-state index < -0.39 is 0 Å². The monoisotopic (exact) mass is 369 g/mol. The minimum atomic E-state index is -0.153. The molecule has 0 heterocycles. The van der Waals surface area contributed by atoms with E-state index in [9.17, 15) is 4.79 Å². The van der Waals surface area contributed by atoms with Crippen LogP contribution < -0.4 is 14.8 Å². The molecule has 4 heteroatoms. The van der Waals surface area contributed by atoms with Gasteiger partial charge in [-0.1, -0.05) is 39.0 Å². The van der Waals surface area contributed by atoms with Gasteiger partial charge in [-0.2, -0.15) is 0 Å². The smallest absolute Gasteiger partial charge is 0.258 e. The molecule has 0 aliphatic heterocycles. The lowest BCUT2D eigenvalue weighted by Gasteiger charge is -2.19. The van der Waals surface area contributed by atoms with Gasteiger partial charge < -0.3 is 14.8 Å². The number of carbonyl (C=O) groups is 1. The SMILES string of the molecule is Cc1cc(C)c(C)c(OCC(=O)NCCOc2ccc(C(C)(C)C)cc2)c1. The van der Waals surface area contributed by atoms with E-state index in [4.69, 9.17) is 9.47 Å². The highest BCUT2D eigenvalue weighted by atomic mass is 16.5. The molecule has 0 aliphatic rings. The zero-order valence-electron chi connectivity index (χ0n) is 17.3. The quantitative estimate of drug-likeness (QED) is 0.732. The summed E-state index contributed by atoms with van der Waals surface area (Å²) in [6.45, 7) is 13.5. The molecule has 2 aromatic rings. The van der Waals surface area contributed by atoms with Gasteiger partial charge in [-0.3, -0.25) is 4.79 Å². The van der Waals surface area contributed by atoms with Crippen LogP contribution in [0, 0.1) is 20.8 Å². The van der Waals surface area contributed by atoms with Gasteiger partial charge in [-0.05, 0) is 66.6 Å². The fourth-order valence-electron chi connectivity index (χ4n) is 2.76. The normalized spacial score (nSPS) is 11.2. The van der Waals surface area contributed by atoms with Gasteiger partial charge in [-0.25, -0.2) is 0 Å². The fourth-order valence-corrected chi connectivity index (χ4v) is 2.76. The Morgan fingerprint density at radius 3 is 2.30 bits per heavy atom. The summed E-state index contributed by atoms with van der Waals surface area (Å²) in [5, 5.41) is 2.82. The van der Waals surface area contributed by atoms with Crippen molar-refractivity contribution in [3.05, 3.63) is 58.7 Å². The Balaban J connectivity index is 1.72. The van der Waals surface area contributed by atoms with Crippen LogP contribution in [-0.2, 0) is 10.2 Å². The van der Waals surface area contributed by atoms with Crippen molar-refractivity contribution in [2.75, 3.05) is 19.8 Å². The molecule has 0 unspecified atom stereocenters. The molecule has 0 fully saturated rings. The molecule has 0 bridgehead atoms. The van der Waals surface area contributed by atoms with E-state index >= 15 is 0 Å². The Morgan fingerprint density at radius 1 is 1.00 bits per heavy atom. The maximum Gasteiger partial charge on any atom is 0.258 e. The van der Waals surface area contributed by atoms with Crippen LogP contribution in [0.1, 0.15) is 43.0 Å². The predicted octanol–water partition coefficient (Wildman–Crippen LogP) is 4.48. The van der Waals surface area contributed by atoms with E-state index in [0.29, 0.717) is 13.2 Å². The van der Waals surface area contributed by atoms with Gasteiger partial charge in [0, 0.05) is 0 Å². The van der Waals surface area contributed by atoms with Gasteiger partial charge in [0.2, 0.25) is 0 Å². The molecular formula is C23H31NO3. The number of hydrogen-bond donors (Lipinski definition) is 1. The molecule has 2 aromatic carbocycles. The highest BCUT2D eigenvalue weighted by molar-refractivity contribution is 5.77. The average Bonchev–Trinajstić information content (AvgIpc) is 2.60. The maximum absolute atomic E-state index is 12.0. The number of amides is 1. The Kier molecular flexibility index (Phi) is 6.89.